The van der Waals surface area contributed by atoms with Gasteiger partial charge in [0.15, 0.2) is 0 Å². The summed E-state index contributed by atoms with van der Waals surface area (Å²) in [6, 6.07) is 0.0906. The van der Waals surface area contributed by atoms with E-state index in [-0.39, 0.29) is 12.6 Å². The lowest BCUT2D eigenvalue weighted by molar-refractivity contribution is -0.152. The number of aliphatic hydroxyl groups is 1. The van der Waals surface area contributed by atoms with Crippen molar-refractivity contribution in [1.29, 1.82) is 0 Å². The van der Waals surface area contributed by atoms with Gasteiger partial charge in [-0.25, -0.2) is 0 Å². The van der Waals surface area contributed by atoms with Crippen LogP contribution in [0.4, 0.5) is 13.2 Å². The molecule has 0 aliphatic heterocycles. The Kier molecular flexibility index (Phi) is 4.55. The maximum Gasteiger partial charge on any atom is 0.391 e. The van der Waals surface area contributed by atoms with Gasteiger partial charge in [0.2, 0.25) is 0 Å². The molecule has 5 heteroatoms. The number of nitrogens with one attached hydrogen (secondary N) is 1. The molecule has 0 aromatic carbocycles. The Hall–Kier alpha value is -0.290. The normalized spacial score (nSPS) is 15.2. The number of aliphatic hydroxyl groups excluding tert-OH is 1. The van der Waals surface area contributed by atoms with E-state index in [1.807, 2.05) is 0 Å². The molecule has 12 heavy (non-hydrogen) atoms. The van der Waals surface area contributed by atoms with Crippen molar-refractivity contribution in [3.05, 3.63) is 0 Å². The molecule has 0 rings (SSSR count). The Morgan fingerprint density at radius 3 is 2.17 bits per heavy atom. The molecular weight excluding hydrogens is 171 g/mol. The predicted octanol–water partition coefficient (Wildman–Crippen LogP) is 1.30. The van der Waals surface area contributed by atoms with Gasteiger partial charge in [0, 0.05) is 12.6 Å². The summed E-state index contributed by atoms with van der Waals surface area (Å²) >= 11 is 0. The van der Waals surface area contributed by atoms with Crippen molar-refractivity contribution in [2.24, 2.45) is 0 Å². The topological polar surface area (TPSA) is 32.3 Å². The molecule has 0 radical (unpaired) electrons. The molecule has 0 fully saturated rings. The molecule has 74 valence electrons. The van der Waals surface area contributed by atoms with Crippen LogP contribution in [-0.2, 0) is 0 Å². The van der Waals surface area contributed by atoms with Gasteiger partial charge in [0.25, 0.3) is 0 Å². The highest BCUT2D eigenvalue weighted by Gasteiger charge is 2.30. The summed E-state index contributed by atoms with van der Waals surface area (Å²) < 4.78 is 34.9. The van der Waals surface area contributed by atoms with Crippen LogP contribution in [-0.4, -0.2) is 30.0 Å². The van der Waals surface area contributed by atoms with Crippen LogP contribution in [0.5, 0.6) is 0 Å². The molecular formula is C7H14F3NO. The van der Waals surface area contributed by atoms with Crippen LogP contribution in [0.2, 0.25) is 0 Å². The maximum absolute atomic E-state index is 11.6. The first-order valence-corrected chi connectivity index (χ1v) is 3.79. The lowest BCUT2D eigenvalue weighted by atomic mass is 10.2. The van der Waals surface area contributed by atoms with Crippen LogP contribution < -0.4 is 5.32 Å². The lowest BCUT2D eigenvalue weighted by Gasteiger charge is -2.15. The standard InChI is InChI=1S/C7H14F3NO/c1-5(2)11-4-6(12)3-7(8,9)10/h5-6,11-12H,3-4H2,1-2H3. The summed E-state index contributed by atoms with van der Waals surface area (Å²) in [6.07, 6.45) is -6.77. The first-order valence-electron chi connectivity index (χ1n) is 3.79. The quantitative estimate of drug-likeness (QED) is 0.691. The molecule has 1 atom stereocenters. The van der Waals surface area contributed by atoms with Crippen LogP contribution >= 0.6 is 0 Å². The monoisotopic (exact) mass is 185 g/mol. The molecule has 0 amide bonds. The van der Waals surface area contributed by atoms with Gasteiger partial charge < -0.3 is 10.4 Å². The molecule has 0 spiro atoms. The van der Waals surface area contributed by atoms with E-state index in [2.05, 4.69) is 5.32 Å². The van der Waals surface area contributed by atoms with Gasteiger partial charge in [0.05, 0.1) is 12.5 Å². The van der Waals surface area contributed by atoms with Gasteiger partial charge in [-0.3, -0.25) is 0 Å². The zero-order chi connectivity index (χ0) is 9.78. The molecule has 0 aliphatic rings. The van der Waals surface area contributed by atoms with E-state index >= 15 is 0 Å². The van der Waals surface area contributed by atoms with E-state index in [9.17, 15) is 13.2 Å². The Morgan fingerprint density at radius 2 is 1.83 bits per heavy atom. The molecule has 2 N–H and O–H groups in total. The van der Waals surface area contributed by atoms with Gasteiger partial charge in [-0.2, -0.15) is 13.2 Å². The fourth-order valence-corrected chi connectivity index (χ4v) is 0.711. The molecule has 0 aromatic rings. The van der Waals surface area contributed by atoms with Gasteiger partial charge in [-0.1, -0.05) is 13.8 Å². The predicted molar refractivity (Wildman–Crippen MR) is 39.8 cm³/mol. The van der Waals surface area contributed by atoms with Crippen molar-refractivity contribution in [3.63, 3.8) is 0 Å². The van der Waals surface area contributed by atoms with Crippen LogP contribution in [0.25, 0.3) is 0 Å². The largest absolute Gasteiger partial charge is 0.391 e. The van der Waals surface area contributed by atoms with Gasteiger partial charge >= 0.3 is 6.18 Å². The minimum Gasteiger partial charge on any atom is -0.391 e. The molecule has 1 unspecified atom stereocenters. The third kappa shape index (κ3) is 7.81. The minimum absolute atomic E-state index is 0.0167. The van der Waals surface area contributed by atoms with Crippen molar-refractivity contribution >= 4 is 0 Å². The van der Waals surface area contributed by atoms with Crippen LogP contribution in [0.3, 0.4) is 0 Å². The van der Waals surface area contributed by atoms with Crippen molar-refractivity contribution in [2.75, 3.05) is 6.54 Å². The summed E-state index contributed by atoms with van der Waals surface area (Å²) in [5.74, 6) is 0. The van der Waals surface area contributed by atoms with E-state index < -0.39 is 18.7 Å². The minimum atomic E-state index is -4.28. The molecule has 0 heterocycles. The first-order chi connectivity index (χ1) is 5.31. The second-order valence-corrected chi connectivity index (χ2v) is 3.04. The number of hydrogen-bond acceptors (Lipinski definition) is 2. The molecule has 0 aromatic heterocycles. The number of alkyl halides is 3. The van der Waals surface area contributed by atoms with E-state index in [0.717, 1.165) is 0 Å². The molecule has 2 nitrogen and oxygen atoms in total. The Labute approximate surface area is 69.8 Å². The van der Waals surface area contributed by atoms with Gasteiger partial charge in [0.1, 0.15) is 0 Å². The van der Waals surface area contributed by atoms with E-state index in [4.69, 9.17) is 5.11 Å². The van der Waals surface area contributed by atoms with Crippen LogP contribution in [0.15, 0.2) is 0 Å². The number of hydrogen-bond donors (Lipinski definition) is 2. The van der Waals surface area contributed by atoms with E-state index in [0.29, 0.717) is 0 Å². The Bertz CT molecular complexity index is 124. The average Bonchev–Trinajstić information content (AvgIpc) is 1.79. The number of halogens is 3. The molecule has 0 bridgehead atoms. The zero-order valence-corrected chi connectivity index (χ0v) is 7.15. The maximum atomic E-state index is 11.6. The summed E-state index contributed by atoms with van der Waals surface area (Å²) in [7, 11) is 0. The molecule has 0 saturated carbocycles. The van der Waals surface area contributed by atoms with Crippen molar-refractivity contribution < 1.29 is 18.3 Å². The lowest BCUT2D eigenvalue weighted by Crippen LogP contribution is -2.34. The highest BCUT2D eigenvalue weighted by Crippen LogP contribution is 2.21. The van der Waals surface area contributed by atoms with Gasteiger partial charge in [-0.05, 0) is 0 Å². The van der Waals surface area contributed by atoms with Crippen LogP contribution in [0.1, 0.15) is 20.3 Å². The first kappa shape index (κ1) is 11.7. The summed E-state index contributed by atoms with van der Waals surface area (Å²) in [4.78, 5) is 0. The smallest absolute Gasteiger partial charge is 0.391 e. The van der Waals surface area contributed by atoms with E-state index in [1.165, 1.54) is 0 Å². The fraction of sp³-hybridized carbons (Fsp3) is 1.00. The van der Waals surface area contributed by atoms with Gasteiger partial charge in [-0.15, -0.1) is 0 Å². The van der Waals surface area contributed by atoms with Crippen molar-refractivity contribution in [3.8, 4) is 0 Å². The third-order valence-corrected chi connectivity index (χ3v) is 1.23. The molecule has 0 saturated heterocycles. The average molecular weight is 185 g/mol. The Balaban J connectivity index is 3.53. The van der Waals surface area contributed by atoms with E-state index in [1.54, 1.807) is 13.8 Å². The SMILES string of the molecule is CC(C)NCC(O)CC(F)(F)F. The fourth-order valence-electron chi connectivity index (χ4n) is 0.711. The highest BCUT2D eigenvalue weighted by molar-refractivity contribution is 4.65. The summed E-state index contributed by atoms with van der Waals surface area (Å²) in [5, 5.41) is 11.6. The zero-order valence-electron chi connectivity index (χ0n) is 7.15. The van der Waals surface area contributed by atoms with Crippen molar-refractivity contribution in [2.45, 2.75) is 38.6 Å². The Morgan fingerprint density at radius 1 is 1.33 bits per heavy atom. The third-order valence-electron chi connectivity index (χ3n) is 1.23. The highest BCUT2D eigenvalue weighted by atomic mass is 19.4. The van der Waals surface area contributed by atoms with Crippen molar-refractivity contribution in [1.82, 2.24) is 5.32 Å². The molecule has 0 aliphatic carbocycles. The number of rotatable bonds is 4. The second kappa shape index (κ2) is 4.67. The summed E-state index contributed by atoms with van der Waals surface area (Å²) in [6.45, 7) is 3.60. The summed E-state index contributed by atoms with van der Waals surface area (Å²) in [5.41, 5.74) is 0. The second-order valence-electron chi connectivity index (χ2n) is 3.04. The van der Waals surface area contributed by atoms with Crippen LogP contribution in [0, 0.1) is 0 Å².